The van der Waals surface area contributed by atoms with Crippen LogP contribution in [0.4, 0.5) is 5.69 Å². The van der Waals surface area contributed by atoms with Crippen LogP contribution in [0.1, 0.15) is 0 Å². The first-order chi connectivity index (χ1) is 8.74. The number of anilines is 1. The Balaban J connectivity index is 2.03. The summed E-state index contributed by atoms with van der Waals surface area (Å²) in [5.41, 5.74) is 3.95. The number of imidazole rings is 1. The molecule has 0 bridgehead atoms. The lowest BCUT2D eigenvalue weighted by atomic mass is 10.2. The molecule has 0 radical (unpaired) electrons. The van der Waals surface area contributed by atoms with Gasteiger partial charge in [-0.3, -0.25) is 0 Å². The van der Waals surface area contributed by atoms with Crippen molar-refractivity contribution in [3.63, 3.8) is 0 Å². The van der Waals surface area contributed by atoms with Gasteiger partial charge in [-0.15, -0.1) is 0 Å². The zero-order chi connectivity index (χ0) is 12.5. The highest BCUT2D eigenvalue weighted by molar-refractivity contribution is 5.77. The lowest BCUT2D eigenvalue weighted by Gasteiger charge is -2.11. The van der Waals surface area contributed by atoms with E-state index < -0.39 is 0 Å². The maximum atomic E-state index is 4.49. The molecule has 0 aliphatic rings. The Bertz CT molecular complexity index is 636. The van der Waals surface area contributed by atoms with E-state index >= 15 is 0 Å². The molecule has 2 heterocycles. The van der Waals surface area contributed by atoms with Crippen molar-refractivity contribution in [1.29, 1.82) is 0 Å². The van der Waals surface area contributed by atoms with Crippen molar-refractivity contribution in [2.75, 3.05) is 19.0 Å². The van der Waals surface area contributed by atoms with Gasteiger partial charge in [0.05, 0.1) is 17.9 Å². The van der Waals surface area contributed by atoms with E-state index in [1.54, 1.807) is 12.4 Å². The average molecular weight is 239 g/mol. The summed E-state index contributed by atoms with van der Waals surface area (Å²) in [6.07, 6.45) is 3.34. The van der Waals surface area contributed by atoms with Gasteiger partial charge in [-0.25, -0.2) is 4.98 Å². The number of hydrogen-bond donors (Lipinski definition) is 1. The predicted molar refractivity (Wildman–Crippen MR) is 71.4 cm³/mol. The van der Waals surface area contributed by atoms with Crippen LogP contribution in [-0.2, 0) is 0 Å². The Hall–Kier alpha value is -2.43. The fraction of sp³-hybridized carbons (Fsp3) is 0.154. The fourth-order valence-electron chi connectivity index (χ4n) is 1.83. The molecule has 0 spiro atoms. The van der Waals surface area contributed by atoms with E-state index in [1.165, 1.54) is 0 Å². The molecule has 90 valence electrons. The predicted octanol–water partition coefficient (Wildman–Crippen LogP) is 2.09. The minimum absolute atomic E-state index is 0.830. The van der Waals surface area contributed by atoms with Crippen LogP contribution in [-0.4, -0.2) is 34.3 Å². The molecule has 2 aromatic heterocycles. The van der Waals surface area contributed by atoms with Crippen molar-refractivity contribution in [2.24, 2.45) is 0 Å². The maximum Gasteiger partial charge on any atom is 0.138 e. The summed E-state index contributed by atoms with van der Waals surface area (Å²) in [6.45, 7) is 0. The molecule has 5 heteroatoms. The molecule has 18 heavy (non-hydrogen) atoms. The second-order valence-electron chi connectivity index (χ2n) is 4.31. The van der Waals surface area contributed by atoms with Crippen molar-refractivity contribution in [3.8, 4) is 11.4 Å². The first-order valence-corrected chi connectivity index (χ1v) is 5.68. The quantitative estimate of drug-likeness (QED) is 0.744. The molecule has 0 amide bonds. The van der Waals surface area contributed by atoms with Gasteiger partial charge >= 0.3 is 0 Å². The highest BCUT2D eigenvalue weighted by atomic mass is 15.1. The van der Waals surface area contributed by atoms with Gasteiger partial charge < -0.3 is 9.88 Å². The summed E-state index contributed by atoms with van der Waals surface area (Å²) >= 11 is 0. The van der Waals surface area contributed by atoms with Crippen LogP contribution in [0, 0.1) is 0 Å². The molecule has 0 unspecified atom stereocenters. The second kappa shape index (κ2) is 4.10. The number of fused-ring (bicyclic) bond motifs is 1. The topological polar surface area (TPSA) is 57.7 Å². The average Bonchev–Trinajstić information content (AvgIpc) is 2.82. The van der Waals surface area contributed by atoms with E-state index in [-0.39, 0.29) is 0 Å². The number of H-pyrrole nitrogens is 1. The number of nitrogens with zero attached hydrogens (tertiary/aromatic N) is 4. The van der Waals surface area contributed by atoms with Crippen molar-refractivity contribution < 1.29 is 0 Å². The highest BCUT2D eigenvalue weighted by Gasteiger charge is 2.05. The van der Waals surface area contributed by atoms with E-state index in [1.807, 2.05) is 26.2 Å². The Labute approximate surface area is 104 Å². The van der Waals surface area contributed by atoms with E-state index in [0.29, 0.717) is 0 Å². The van der Waals surface area contributed by atoms with Gasteiger partial charge in [0.15, 0.2) is 0 Å². The Morgan fingerprint density at radius 2 is 1.72 bits per heavy atom. The third kappa shape index (κ3) is 1.79. The van der Waals surface area contributed by atoms with Gasteiger partial charge in [0.1, 0.15) is 11.3 Å². The van der Waals surface area contributed by atoms with Gasteiger partial charge in [-0.2, -0.15) is 10.2 Å². The van der Waals surface area contributed by atoms with E-state index in [9.17, 15) is 0 Å². The molecular formula is C13H13N5. The number of nitrogens with one attached hydrogen (secondary N) is 1. The lowest BCUT2D eigenvalue weighted by Crippen LogP contribution is -2.07. The largest absolute Gasteiger partial charge is 0.378 e. The number of aromatic nitrogens is 4. The van der Waals surface area contributed by atoms with Crippen molar-refractivity contribution in [3.05, 3.63) is 36.7 Å². The number of rotatable bonds is 2. The van der Waals surface area contributed by atoms with Gasteiger partial charge in [-0.05, 0) is 24.3 Å². The van der Waals surface area contributed by atoms with Crippen LogP contribution in [0.3, 0.4) is 0 Å². The second-order valence-corrected chi connectivity index (χ2v) is 4.31. The van der Waals surface area contributed by atoms with Gasteiger partial charge in [0, 0.05) is 25.3 Å². The van der Waals surface area contributed by atoms with Crippen LogP contribution >= 0.6 is 0 Å². The molecule has 3 aromatic rings. The molecule has 0 atom stereocenters. The monoisotopic (exact) mass is 239 g/mol. The van der Waals surface area contributed by atoms with Crippen molar-refractivity contribution in [1.82, 2.24) is 20.2 Å². The molecule has 3 rings (SSSR count). The van der Waals surface area contributed by atoms with Crippen LogP contribution in [0.2, 0.25) is 0 Å². The minimum atomic E-state index is 0.830. The molecule has 0 saturated heterocycles. The highest BCUT2D eigenvalue weighted by Crippen LogP contribution is 2.21. The van der Waals surface area contributed by atoms with Crippen LogP contribution in [0.5, 0.6) is 0 Å². The molecule has 5 nitrogen and oxygen atoms in total. The fourth-order valence-corrected chi connectivity index (χ4v) is 1.83. The smallest absolute Gasteiger partial charge is 0.138 e. The maximum absolute atomic E-state index is 4.49. The third-order valence-electron chi connectivity index (χ3n) is 2.85. The standard InChI is InChI=1S/C13H13N5/c1-18(2)10-5-3-9(4-6-10)13-16-11-7-14-15-8-12(11)17-13/h3-8H,1-2H3,(H,16,17). The van der Waals surface area contributed by atoms with Gasteiger partial charge in [0.2, 0.25) is 0 Å². The Morgan fingerprint density at radius 1 is 1.00 bits per heavy atom. The summed E-state index contributed by atoms with van der Waals surface area (Å²) in [4.78, 5) is 9.78. The molecule has 1 aromatic carbocycles. The van der Waals surface area contributed by atoms with Gasteiger partial charge in [-0.1, -0.05) is 0 Å². The lowest BCUT2D eigenvalue weighted by molar-refractivity contribution is 1.05. The van der Waals surface area contributed by atoms with Gasteiger partial charge in [0.25, 0.3) is 0 Å². The minimum Gasteiger partial charge on any atom is -0.378 e. The summed E-state index contributed by atoms with van der Waals surface area (Å²) in [5.74, 6) is 0.838. The van der Waals surface area contributed by atoms with Crippen LogP contribution in [0.15, 0.2) is 36.7 Å². The van der Waals surface area contributed by atoms with E-state index in [2.05, 4.69) is 37.2 Å². The van der Waals surface area contributed by atoms with E-state index in [4.69, 9.17) is 0 Å². The summed E-state index contributed by atoms with van der Waals surface area (Å²) < 4.78 is 0. The molecule has 0 fully saturated rings. The van der Waals surface area contributed by atoms with Crippen LogP contribution in [0.25, 0.3) is 22.4 Å². The summed E-state index contributed by atoms with van der Waals surface area (Å²) in [6, 6.07) is 8.24. The Kier molecular flexibility index (Phi) is 2.44. The first-order valence-electron chi connectivity index (χ1n) is 5.68. The van der Waals surface area contributed by atoms with E-state index in [0.717, 1.165) is 28.1 Å². The summed E-state index contributed by atoms with van der Waals surface area (Å²) in [7, 11) is 4.04. The van der Waals surface area contributed by atoms with Crippen LogP contribution < -0.4 is 4.90 Å². The SMILES string of the molecule is CN(C)c1ccc(-c2nc3cnncc3[nH]2)cc1. The zero-order valence-corrected chi connectivity index (χ0v) is 10.3. The van der Waals surface area contributed by atoms with Crippen molar-refractivity contribution >= 4 is 16.7 Å². The number of aromatic amines is 1. The molecular weight excluding hydrogens is 226 g/mol. The third-order valence-corrected chi connectivity index (χ3v) is 2.85. The zero-order valence-electron chi connectivity index (χ0n) is 10.3. The molecule has 0 aliphatic heterocycles. The van der Waals surface area contributed by atoms with Crippen molar-refractivity contribution in [2.45, 2.75) is 0 Å². The first kappa shape index (κ1) is 10.7. The molecule has 1 N–H and O–H groups in total. The number of benzene rings is 1. The molecule has 0 aliphatic carbocycles. The normalized spacial score (nSPS) is 10.8. The molecule has 0 saturated carbocycles. The Morgan fingerprint density at radius 3 is 2.39 bits per heavy atom. The number of hydrogen-bond acceptors (Lipinski definition) is 4. The summed E-state index contributed by atoms with van der Waals surface area (Å²) in [5, 5.41) is 7.65.